The van der Waals surface area contributed by atoms with Crippen molar-refractivity contribution in [1.82, 2.24) is 0 Å². The minimum atomic E-state index is -0.255. The van der Waals surface area contributed by atoms with Gasteiger partial charge >= 0.3 is 0 Å². The summed E-state index contributed by atoms with van der Waals surface area (Å²) in [6.45, 7) is 40.1. The average Bonchev–Trinajstić information content (AvgIpc) is 2.91. The third-order valence-corrected chi connectivity index (χ3v) is 15.2. The second-order valence-corrected chi connectivity index (χ2v) is 24.1. The molecule has 7 heteroatoms. The minimum absolute atomic E-state index is 0. The predicted octanol–water partition coefficient (Wildman–Crippen LogP) is 16.6. The van der Waals surface area contributed by atoms with Crippen molar-refractivity contribution in [3.8, 4) is 0 Å². The Labute approximate surface area is 320 Å². The minimum Gasteiger partial charge on any atom is -0.660 e. The summed E-state index contributed by atoms with van der Waals surface area (Å²) in [4.78, 5) is 0. The van der Waals surface area contributed by atoms with Gasteiger partial charge in [-0.3, -0.25) is 0 Å². The molecule has 0 aliphatic carbocycles. The zero-order valence-electron chi connectivity index (χ0n) is 34.3. The Hall–Kier alpha value is -1.07. The second-order valence-electron chi connectivity index (χ2n) is 15.0. The molecule has 0 amide bonds. The molecule has 1 radical (unpaired) electrons. The van der Waals surface area contributed by atoms with Gasteiger partial charge in [-0.2, -0.15) is 24.2 Å². The maximum atomic E-state index is 4.94. The fourth-order valence-electron chi connectivity index (χ4n) is 5.91. The van der Waals surface area contributed by atoms with Crippen molar-refractivity contribution in [2.24, 2.45) is 0 Å². The molecular weight excluding hydrogens is 690 g/mol. The molecule has 0 aliphatic rings. The molecule has 0 heterocycles. The van der Waals surface area contributed by atoms with Crippen LogP contribution in [0.15, 0.2) is 54.6 Å². The predicted molar refractivity (Wildman–Crippen MR) is 228 cm³/mol. The van der Waals surface area contributed by atoms with Crippen molar-refractivity contribution >= 4 is 41.3 Å². The molecule has 3 aromatic carbocycles. The van der Waals surface area contributed by atoms with Crippen LogP contribution in [0.3, 0.4) is 0 Å². The first-order valence-corrected chi connectivity index (χ1v) is 22.2. The number of hydrogen-bond donors (Lipinski definition) is 0. The molecule has 0 fully saturated rings. The first-order chi connectivity index (χ1) is 22.2. The van der Waals surface area contributed by atoms with Crippen LogP contribution in [0.1, 0.15) is 116 Å². The van der Waals surface area contributed by atoms with E-state index in [4.69, 9.17) is 15.3 Å². The molecule has 3 nitrogen and oxygen atoms in total. The van der Waals surface area contributed by atoms with E-state index in [9.17, 15) is 0 Å². The third kappa shape index (κ3) is 18.8. The summed E-state index contributed by atoms with van der Waals surface area (Å²) < 4.78 is 0. The Morgan fingerprint density at radius 1 is 0.306 bits per heavy atom. The van der Waals surface area contributed by atoms with Crippen LogP contribution >= 0.6 is 24.2 Å². The van der Waals surface area contributed by atoms with Gasteiger partial charge in [0.05, 0.1) is 0 Å². The van der Waals surface area contributed by atoms with E-state index in [-0.39, 0.29) is 42.8 Å². The number of hydrogen-bond acceptors (Lipinski definition) is 0. The van der Waals surface area contributed by atoms with Crippen molar-refractivity contribution in [2.75, 3.05) is 0 Å². The van der Waals surface area contributed by atoms with Gasteiger partial charge in [0.15, 0.2) is 0 Å². The van der Waals surface area contributed by atoms with E-state index in [0.717, 1.165) is 17.1 Å². The topological polar surface area (TPSA) is 42.3 Å². The van der Waals surface area contributed by atoms with Crippen LogP contribution < -0.4 is 0 Å². The summed E-state index contributed by atoms with van der Waals surface area (Å²) in [6, 6.07) is 19.7. The molecule has 0 N–H and O–H groups in total. The van der Waals surface area contributed by atoms with E-state index in [1.165, 1.54) is 33.4 Å². The van der Waals surface area contributed by atoms with Crippen molar-refractivity contribution < 1.29 is 18.6 Å². The van der Waals surface area contributed by atoms with E-state index in [2.05, 4.69) is 179 Å². The van der Waals surface area contributed by atoms with Gasteiger partial charge in [-0.25, -0.2) is 0 Å². The maximum Gasteiger partial charge on any atom is 0 e. The Kier molecular flexibility index (Phi) is 23.0. The van der Waals surface area contributed by atoms with Gasteiger partial charge in [0.1, 0.15) is 0 Å². The van der Waals surface area contributed by atoms with E-state index in [1.807, 2.05) is 0 Å². The summed E-state index contributed by atoms with van der Waals surface area (Å²) in [6.07, 6.45) is 0. The molecule has 0 atom stereocenters. The molecule has 0 saturated carbocycles. The number of nitrogens with zero attached hydrogens (tertiary/aromatic N) is 3. The molecule has 49 heavy (non-hydrogen) atoms. The van der Waals surface area contributed by atoms with E-state index < -0.39 is 0 Å². The van der Waals surface area contributed by atoms with Crippen molar-refractivity contribution in [3.63, 3.8) is 0 Å². The molecule has 0 aromatic heterocycles. The first kappa shape index (κ1) is 47.9. The van der Waals surface area contributed by atoms with Gasteiger partial charge in [0, 0.05) is 18.6 Å². The van der Waals surface area contributed by atoms with Crippen LogP contribution in [-0.4, -0.2) is 34.0 Å². The molecule has 0 saturated heterocycles. The van der Waals surface area contributed by atoms with Gasteiger partial charge in [-0.15, -0.1) is 17.1 Å². The zero-order valence-corrected chi connectivity index (χ0v) is 38.4. The van der Waals surface area contributed by atoms with E-state index in [0.29, 0.717) is 34.0 Å². The summed E-state index contributed by atoms with van der Waals surface area (Å²) in [5.41, 5.74) is 15.3. The largest absolute Gasteiger partial charge is 0.660 e. The molecule has 3 aromatic rings. The van der Waals surface area contributed by atoms with Crippen LogP contribution in [0.25, 0.3) is 15.3 Å². The van der Waals surface area contributed by atoms with Gasteiger partial charge in [0.25, 0.3) is 0 Å². The second kappa shape index (κ2) is 23.5. The van der Waals surface area contributed by atoms with Gasteiger partial charge in [-0.1, -0.05) is 171 Å². The fraction of sp³-hybridized carbons (Fsp3) is 0.571. The van der Waals surface area contributed by atoms with E-state index in [1.54, 1.807) is 0 Å². The molecule has 0 bridgehead atoms. The SMILES string of the molecule is Cc1cc(C)cc([N-]P(C(C)C)C(C)C)c1.Cc1cc(C)cc([N-]P(C(C)C)C(C)C)c1.Cc1cc(C)cc([N-]P(C(C)C)C(C)C)c1.[V]. The van der Waals surface area contributed by atoms with Crippen molar-refractivity contribution in [3.05, 3.63) is 103 Å². The average molecular weight is 760 g/mol. The molecule has 3 rings (SSSR count). The van der Waals surface area contributed by atoms with Crippen LogP contribution in [-0.2, 0) is 18.6 Å². The standard InChI is InChI=1S/3C14H23NP.V/c3*1-10(2)16(11(3)4)15-14-8-12(5)7-13(6)9-14;/h3*7-11H,1-6H3;/q3*-1;. The number of aryl methyl sites for hydroxylation is 6. The smallest absolute Gasteiger partial charge is 0 e. The summed E-state index contributed by atoms with van der Waals surface area (Å²) in [5.74, 6) is 0. The molecular formula is C42H69N3P3V-3. The summed E-state index contributed by atoms with van der Waals surface area (Å²) in [7, 11) is -0.764. The van der Waals surface area contributed by atoms with Crippen LogP contribution in [0.5, 0.6) is 0 Å². The normalized spacial score (nSPS) is 11.3. The van der Waals surface area contributed by atoms with Crippen molar-refractivity contribution in [1.29, 1.82) is 0 Å². The maximum absolute atomic E-state index is 4.94. The van der Waals surface area contributed by atoms with Crippen molar-refractivity contribution in [2.45, 2.75) is 159 Å². The first-order valence-electron chi connectivity index (χ1n) is 17.9. The van der Waals surface area contributed by atoms with Crippen LogP contribution in [0.4, 0.5) is 17.1 Å². The molecule has 0 aliphatic heterocycles. The number of rotatable bonds is 12. The van der Waals surface area contributed by atoms with Gasteiger partial charge in [0.2, 0.25) is 0 Å². The Morgan fingerprint density at radius 3 is 0.571 bits per heavy atom. The Balaban J connectivity index is 0.000000698. The molecule has 0 spiro atoms. The number of benzene rings is 3. The summed E-state index contributed by atoms with van der Waals surface area (Å²) >= 11 is 0. The Bertz CT molecular complexity index is 1120. The fourth-order valence-corrected chi connectivity index (χ4v) is 12.0. The van der Waals surface area contributed by atoms with Crippen LogP contribution in [0.2, 0.25) is 0 Å². The summed E-state index contributed by atoms with van der Waals surface area (Å²) in [5, 5.41) is 14.8. The monoisotopic (exact) mass is 759 g/mol. The third-order valence-electron chi connectivity index (χ3n) is 7.49. The van der Waals surface area contributed by atoms with Crippen LogP contribution in [0, 0.1) is 41.5 Å². The molecule has 275 valence electrons. The van der Waals surface area contributed by atoms with Gasteiger partial charge < -0.3 is 15.3 Å². The zero-order chi connectivity index (χ0) is 36.9. The molecule has 0 unspecified atom stereocenters. The Morgan fingerprint density at radius 2 is 0.449 bits per heavy atom. The van der Waals surface area contributed by atoms with Gasteiger partial charge in [-0.05, 0) is 75.5 Å². The quantitative estimate of drug-likeness (QED) is 0.165. The van der Waals surface area contributed by atoms with E-state index >= 15 is 0 Å².